The highest BCUT2D eigenvalue weighted by Crippen LogP contribution is 2.26. The van der Waals surface area contributed by atoms with Gasteiger partial charge in [0.05, 0.1) is 12.3 Å². The second-order valence-electron chi connectivity index (χ2n) is 4.79. The van der Waals surface area contributed by atoms with Crippen LogP contribution in [0.1, 0.15) is 49.3 Å². The monoisotopic (exact) mass is 237 g/mol. The van der Waals surface area contributed by atoms with Crippen LogP contribution < -0.4 is 5.32 Å². The highest BCUT2D eigenvalue weighted by atomic mass is 16.3. The van der Waals surface area contributed by atoms with Gasteiger partial charge in [0.15, 0.2) is 0 Å². The average Bonchev–Trinajstić information content (AvgIpc) is 2.75. The lowest BCUT2D eigenvalue weighted by Crippen LogP contribution is -2.22. The number of fused-ring (bicyclic) bond motifs is 1. The molecule has 0 saturated heterocycles. The minimum atomic E-state index is 0.0747. The molecule has 0 amide bonds. The second kappa shape index (κ2) is 5.65. The van der Waals surface area contributed by atoms with Crippen LogP contribution in [0.15, 0.2) is 0 Å². The molecular weight excluding hydrogens is 214 g/mol. The molecule has 0 fully saturated rings. The van der Waals surface area contributed by atoms with E-state index in [2.05, 4.69) is 21.8 Å². The molecule has 2 N–H and O–H groups in total. The molecule has 1 aromatic heterocycles. The fraction of sp³-hybridized carbons (Fsp3) is 0.769. The third kappa shape index (κ3) is 2.38. The third-order valence-corrected chi connectivity index (χ3v) is 3.69. The minimum absolute atomic E-state index is 0.0747. The smallest absolute Gasteiger partial charge is 0.113 e. The summed E-state index contributed by atoms with van der Waals surface area (Å²) in [4.78, 5) is 4.67. The lowest BCUT2D eigenvalue weighted by molar-refractivity contribution is 0.275. The van der Waals surface area contributed by atoms with E-state index < -0.39 is 0 Å². The topological polar surface area (TPSA) is 50.1 Å². The Labute approximate surface area is 103 Å². The first-order valence-corrected chi connectivity index (χ1v) is 6.65. The molecule has 0 spiro atoms. The van der Waals surface area contributed by atoms with E-state index in [1.807, 2.05) is 7.05 Å². The van der Waals surface area contributed by atoms with Crippen LogP contribution in [-0.2, 0) is 19.6 Å². The zero-order valence-electron chi connectivity index (χ0n) is 10.9. The molecule has 0 aliphatic carbocycles. The maximum atomic E-state index is 9.40. The number of rotatable bonds is 5. The van der Waals surface area contributed by atoms with Crippen molar-refractivity contribution in [3.8, 4) is 0 Å². The zero-order valence-corrected chi connectivity index (χ0v) is 10.9. The van der Waals surface area contributed by atoms with Crippen LogP contribution >= 0.6 is 0 Å². The van der Waals surface area contributed by atoms with Gasteiger partial charge in [0.1, 0.15) is 5.82 Å². The Morgan fingerprint density at radius 1 is 1.47 bits per heavy atom. The number of aromatic nitrogens is 2. The molecule has 0 aromatic carbocycles. The van der Waals surface area contributed by atoms with Crippen molar-refractivity contribution in [1.29, 1.82) is 0 Å². The molecule has 0 radical (unpaired) electrons. The number of hydrogen-bond donors (Lipinski definition) is 2. The molecule has 0 bridgehead atoms. The normalized spacial score (nSPS) is 16.9. The van der Waals surface area contributed by atoms with E-state index in [1.54, 1.807) is 0 Å². The van der Waals surface area contributed by atoms with E-state index in [9.17, 15) is 5.11 Å². The molecule has 96 valence electrons. The van der Waals surface area contributed by atoms with Gasteiger partial charge in [0.2, 0.25) is 0 Å². The summed E-state index contributed by atoms with van der Waals surface area (Å²) >= 11 is 0. The van der Waals surface area contributed by atoms with Crippen molar-refractivity contribution in [1.82, 2.24) is 14.9 Å². The number of nitrogens with one attached hydrogen (secondary N) is 1. The molecule has 4 nitrogen and oxygen atoms in total. The standard InChI is InChI=1S/C13H23N3O/c1-3-10(8-14-2)13-15-11(9-17)12-6-4-5-7-16(12)13/h10,14,17H,3-9H2,1-2H3. The lowest BCUT2D eigenvalue weighted by Gasteiger charge is -2.21. The Balaban J connectivity index is 2.35. The van der Waals surface area contributed by atoms with E-state index in [4.69, 9.17) is 0 Å². The van der Waals surface area contributed by atoms with Gasteiger partial charge in [-0.05, 0) is 32.7 Å². The summed E-state index contributed by atoms with van der Waals surface area (Å²) in [6, 6.07) is 0. The van der Waals surface area contributed by atoms with E-state index >= 15 is 0 Å². The summed E-state index contributed by atoms with van der Waals surface area (Å²) in [5.74, 6) is 1.62. The van der Waals surface area contributed by atoms with E-state index in [0.29, 0.717) is 5.92 Å². The van der Waals surface area contributed by atoms with E-state index in [-0.39, 0.29) is 6.61 Å². The zero-order chi connectivity index (χ0) is 12.3. The van der Waals surface area contributed by atoms with Crippen LogP contribution in [0.2, 0.25) is 0 Å². The summed E-state index contributed by atoms with van der Waals surface area (Å²) in [6.07, 6.45) is 4.61. The summed E-state index contributed by atoms with van der Waals surface area (Å²) < 4.78 is 2.35. The van der Waals surface area contributed by atoms with E-state index in [0.717, 1.165) is 31.6 Å². The quantitative estimate of drug-likeness (QED) is 0.814. The molecule has 2 heterocycles. The second-order valence-corrected chi connectivity index (χ2v) is 4.79. The first-order chi connectivity index (χ1) is 8.31. The van der Waals surface area contributed by atoms with Crippen LogP contribution in [0, 0.1) is 0 Å². The maximum absolute atomic E-state index is 9.40. The predicted octanol–water partition coefficient (Wildman–Crippen LogP) is 1.42. The minimum Gasteiger partial charge on any atom is -0.390 e. The number of hydrogen-bond acceptors (Lipinski definition) is 3. The van der Waals surface area contributed by atoms with Gasteiger partial charge in [0, 0.05) is 24.7 Å². The Bertz CT molecular complexity index is 373. The van der Waals surface area contributed by atoms with Gasteiger partial charge >= 0.3 is 0 Å². The molecule has 0 saturated carbocycles. The molecule has 17 heavy (non-hydrogen) atoms. The van der Waals surface area contributed by atoms with Crippen LogP contribution in [0.25, 0.3) is 0 Å². The molecular formula is C13H23N3O. The van der Waals surface area contributed by atoms with Crippen molar-refractivity contribution in [2.45, 2.75) is 51.7 Å². The van der Waals surface area contributed by atoms with Gasteiger partial charge in [-0.25, -0.2) is 4.98 Å². The molecule has 1 aliphatic heterocycles. The van der Waals surface area contributed by atoms with E-state index in [1.165, 1.54) is 24.4 Å². The Kier molecular flexibility index (Phi) is 4.18. The largest absolute Gasteiger partial charge is 0.390 e. The average molecular weight is 237 g/mol. The fourth-order valence-electron chi connectivity index (χ4n) is 2.75. The van der Waals surface area contributed by atoms with Gasteiger partial charge in [-0.3, -0.25) is 0 Å². The molecule has 4 heteroatoms. The third-order valence-electron chi connectivity index (χ3n) is 3.69. The van der Waals surface area contributed by atoms with Gasteiger partial charge in [-0.1, -0.05) is 6.92 Å². The molecule has 1 unspecified atom stereocenters. The highest BCUT2D eigenvalue weighted by molar-refractivity contribution is 5.21. The Hall–Kier alpha value is -0.870. The molecule has 2 rings (SSSR count). The number of nitrogens with zero attached hydrogens (tertiary/aromatic N) is 2. The van der Waals surface area contributed by atoms with Crippen molar-refractivity contribution in [3.63, 3.8) is 0 Å². The number of aliphatic hydroxyl groups excluding tert-OH is 1. The van der Waals surface area contributed by atoms with Crippen LogP contribution in [0.4, 0.5) is 0 Å². The summed E-state index contributed by atoms with van der Waals surface area (Å²) in [6.45, 7) is 4.30. The van der Waals surface area contributed by atoms with Gasteiger partial charge < -0.3 is 15.0 Å². The predicted molar refractivity (Wildman–Crippen MR) is 68.0 cm³/mol. The lowest BCUT2D eigenvalue weighted by atomic mass is 10.0. The molecule has 1 aliphatic rings. The van der Waals surface area contributed by atoms with Crippen LogP contribution in [-0.4, -0.2) is 28.3 Å². The maximum Gasteiger partial charge on any atom is 0.113 e. The molecule has 1 atom stereocenters. The summed E-state index contributed by atoms with van der Waals surface area (Å²) in [7, 11) is 1.98. The summed E-state index contributed by atoms with van der Waals surface area (Å²) in [5, 5.41) is 12.6. The highest BCUT2D eigenvalue weighted by Gasteiger charge is 2.23. The van der Waals surface area contributed by atoms with Crippen molar-refractivity contribution in [2.24, 2.45) is 0 Å². The Morgan fingerprint density at radius 3 is 2.94 bits per heavy atom. The van der Waals surface area contributed by atoms with Crippen LogP contribution in [0.3, 0.4) is 0 Å². The summed E-state index contributed by atoms with van der Waals surface area (Å²) in [5.41, 5.74) is 2.16. The van der Waals surface area contributed by atoms with Gasteiger partial charge in [-0.15, -0.1) is 0 Å². The Morgan fingerprint density at radius 2 is 2.29 bits per heavy atom. The van der Waals surface area contributed by atoms with Crippen LogP contribution in [0.5, 0.6) is 0 Å². The molecule has 1 aromatic rings. The number of likely N-dealkylation sites (N-methyl/N-ethyl adjacent to an activating group) is 1. The van der Waals surface area contributed by atoms with Gasteiger partial charge in [-0.2, -0.15) is 0 Å². The first kappa shape index (κ1) is 12.6. The number of imidazole rings is 1. The first-order valence-electron chi connectivity index (χ1n) is 6.65. The van der Waals surface area contributed by atoms with Gasteiger partial charge in [0.25, 0.3) is 0 Å². The SMILES string of the molecule is CCC(CNC)c1nc(CO)c2n1CCCC2. The van der Waals surface area contributed by atoms with Crippen molar-refractivity contribution in [3.05, 3.63) is 17.2 Å². The van der Waals surface area contributed by atoms with Crippen molar-refractivity contribution >= 4 is 0 Å². The number of aliphatic hydroxyl groups is 1. The van der Waals surface area contributed by atoms with Crippen molar-refractivity contribution < 1.29 is 5.11 Å². The van der Waals surface area contributed by atoms with Crippen molar-refractivity contribution in [2.75, 3.05) is 13.6 Å². The fourth-order valence-corrected chi connectivity index (χ4v) is 2.75.